The predicted octanol–water partition coefficient (Wildman–Crippen LogP) is 3.82. The van der Waals surface area contributed by atoms with Gasteiger partial charge in [-0.15, -0.1) is 0 Å². The van der Waals surface area contributed by atoms with E-state index in [-0.39, 0.29) is 6.03 Å². The molecular weight excluding hydrogens is 326 g/mol. The summed E-state index contributed by atoms with van der Waals surface area (Å²) in [5.41, 5.74) is 2.63. The summed E-state index contributed by atoms with van der Waals surface area (Å²) < 4.78 is 5.35. The monoisotopic (exact) mass is 345 g/mol. The average Bonchev–Trinajstić information content (AvgIpc) is 2.57. The quantitative estimate of drug-likeness (QED) is 0.885. The molecule has 3 rings (SSSR count). The topological polar surface area (TPSA) is 53.6 Å². The number of hydrogen-bond donors (Lipinski definition) is 2. The number of halogens is 1. The van der Waals surface area contributed by atoms with E-state index in [4.69, 9.17) is 16.3 Å². The second-order valence-electron chi connectivity index (χ2n) is 5.67. The van der Waals surface area contributed by atoms with Crippen LogP contribution in [0.15, 0.2) is 48.5 Å². The Labute approximate surface area is 146 Å². The maximum Gasteiger partial charge on any atom is 0.323 e. The molecule has 0 saturated carbocycles. The minimum absolute atomic E-state index is 0.293. The van der Waals surface area contributed by atoms with Crippen molar-refractivity contribution < 1.29 is 9.53 Å². The van der Waals surface area contributed by atoms with Gasteiger partial charge in [0.05, 0.1) is 13.2 Å². The number of carbonyl (C=O) groups is 1. The molecule has 0 aromatic heterocycles. The van der Waals surface area contributed by atoms with Crippen LogP contribution >= 0.6 is 11.6 Å². The van der Waals surface area contributed by atoms with E-state index in [1.165, 1.54) is 5.56 Å². The molecule has 0 atom stereocenters. The Morgan fingerprint density at radius 1 is 1.04 bits per heavy atom. The Kier molecular flexibility index (Phi) is 5.69. The number of rotatable bonds is 4. The van der Waals surface area contributed by atoms with E-state index < -0.39 is 0 Å². The molecule has 0 unspecified atom stereocenters. The third-order valence-electron chi connectivity index (χ3n) is 3.80. The van der Waals surface area contributed by atoms with Crippen LogP contribution in [0, 0.1) is 0 Å². The van der Waals surface area contributed by atoms with Crippen molar-refractivity contribution in [3.05, 3.63) is 59.1 Å². The van der Waals surface area contributed by atoms with Crippen molar-refractivity contribution in [2.75, 3.05) is 36.9 Å². The molecule has 1 heterocycles. The van der Waals surface area contributed by atoms with Gasteiger partial charge in [-0.3, -0.25) is 4.90 Å². The lowest BCUT2D eigenvalue weighted by Gasteiger charge is -2.26. The van der Waals surface area contributed by atoms with Gasteiger partial charge in [-0.05, 0) is 35.9 Å². The number of carbonyl (C=O) groups excluding carboxylic acids is 1. The fourth-order valence-corrected chi connectivity index (χ4v) is 2.76. The van der Waals surface area contributed by atoms with Gasteiger partial charge >= 0.3 is 6.03 Å². The summed E-state index contributed by atoms with van der Waals surface area (Å²) in [6, 6.07) is 14.6. The number of benzene rings is 2. The molecule has 2 aromatic carbocycles. The van der Waals surface area contributed by atoms with Crippen molar-refractivity contribution in [1.29, 1.82) is 0 Å². The van der Waals surface area contributed by atoms with Crippen LogP contribution in [0.1, 0.15) is 5.56 Å². The second-order valence-corrected chi connectivity index (χ2v) is 6.11. The third kappa shape index (κ3) is 4.96. The molecule has 2 aromatic rings. The molecule has 2 N–H and O–H groups in total. The third-order valence-corrected chi connectivity index (χ3v) is 4.04. The second kappa shape index (κ2) is 8.15. The molecule has 0 spiro atoms. The molecule has 1 aliphatic rings. The van der Waals surface area contributed by atoms with Crippen LogP contribution < -0.4 is 10.6 Å². The highest BCUT2D eigenvalue weighted by Crippen LogP contribution is 2.16. The molecule has 0 radical (unpaired) electrons. The number of nitrogens with zero attached hydrogens (tertiary/aromatic N) is 1. The van der Waals surface area contributed by atoms with Gasteiger partial charge < -0.3 is 15.4 Å². The van der Waals surface area contributed by atoms with Crippen LogP contribution in [-0.4, -0.2) is 37.2 Å². The highest BCUT2D eigenvalue weighted by Gasteiger charge is 2.10. The zero-order valence-corrected chi connectivity index (χ0v) is 14.1. The molecule has 6 heteroatoms. The first-order valence-corrected chi connectivity index (χ1v) is 8.29. The molecule has 1 fully saturated rings. The zero-order valence-electron chi connectivity index (χ0n) is 13.3. The van der Waals surface area contributed by atoms with Crippen molar-refractivity contribution in [1.82, 2.24) is 4.90 Å². The normalized spacial score (nSPS) is 15.0. The van der Waals surface area contributed by atoms with Gasteiger partial charge in [0.1, 0.15) is 0 Å². The molecule has 0 aliphatic carbocycles. The zero-order chi connectivity index (χ0) is 16.8. The van der Waals surface area contributed by atoms with Gasteiger partial charge in [0.15, 0.2) is 0 Å². The molecule has 24 heavy (non-hydrogen) atoms. The maximum atomic E-state index is 12.0. The van der Waals surface area contributed by atoms with E-state index in [9.17, 15) is 4.79 Å². The van der Waals surface area contributed by atoms with Gasteiger partial charge in [0.25, 0.3) is 0 Å². The Balaban J connectivity index is 1.52. The van der Waals surface area contributed by atoms with Crippen molar-refractivity contribution in [3.8, 4) is 0 Å². The van der Waals surface area contributed by atoms with Crippen molar-refractivity contribution >= 4 is 29.0 Å². The molecule has 1 aliphatic heterocycles. The standard InChI is InChI=1S/C18H20ClN3O2/c19-15-2-1-3-17(12-15)21-18(23)20-16-6-4-14(5-7-16)13-22-8-10-24-11-9-22/h1-7,12H,8-11,13H2,(H2,20,21,23). The average molecular weight is 346 g/mol. The van der Waals surface area contributed by atoms with Gasteiger partial charge in [0.2, 0.25) is 0 Å². The maximum absolute atomic E-state index is 12.0. The van der Waals surface area contributed by atoms with E-state index in [0.29, 0.717) is 10.7 Å². The highest BCUT2D eigenvalue weighted by atomic mass is 35.5. The van der Waals surface area contributed by atoms with E-state index in [2.05, 4.69) is 15.5 Å². The molecule has 126 valence electrons. The van der Waals surface area contributed by atoms with Crippen molar-refractivity contribution in [2.24, 2.45) is 0 Å². The van der Waals surface area contributed by atoms with Crippen LogP contribution in [0.3, 0.4) is 0 Å². The number of ether oxygens (including phenoxy) is 1. The lowest BCUT2D eigenvalue weighted by molar-refractivity contribution is 0.0342. The number of anilines is 2. The highest BCUT2D eigenvalue weighted by molar-refractivity contribution is 6.30. The lowest BCUT2D eigenvalue weighted by Crippen LogP contribution is -2.35. The lowest BCUT2D eigenvalue weighted by atomic mass is 10.2. The Morgan fingerprint density at radius 2 is 1.75 bits per heavy atom. The van der Waals surface area contributed by atoms with Gasteiger partial charge in [-0.25, -0.2) is 4.79 Å². The van der Waals surface area contributed by atoms with Crippen molar-refractivity contribution in [2.45, 2.75) is 6.54 Å². The summed E-state index contributed by atoms with van der Waals surface area (Å²) in [6.07, 6.45) is 0. The minimum atomic E-state index is -0.293. The number of morpholine rings is 1. The van der Waals surface area contributed by atoms with E-state index in [1.54, 1.807) is 24.3 Å². The summed E-state index contributed by atoms with van der Waals surface area (Å²) in [4.78, 5) is 14.4. The van der Waals surface area contributed by atoms with E-state index in [0.717, 1.165) is 38.5 Å². The van der Waals surface area contributed by atoms with E-state index >= 15 is 0 Å². The number of hydrogen-bond acceptors (Lipinski definition) is 3. The summed E-state index contributed by atoms with van der Waals surface area (Å²) >= 11 is 5.90. The fraction of sp³-hybridized carbons (Fsp3) is 0.278. The molecular formula is C18H20ClN3O2. The van der Waals surface area contributed by atoms with Crippen LogP contribution in [0.25, 0.3) is 0 Å². The molecule has 5 nitrogen and oxygen atoms in total. The number of nitrogens with one attached hydrogen (secondary N) is 2. The van der Waals surface area contributed by atoms with Gasteiger partial charge in [0, 0.05) is 36.0 Å². The minimum Gasteiger partial charge on any atom is -0.379 e. The van der Waals surface area contributed by atoms with E-state index in [1.807, 2.05) is 24.3 Å². The molecule has 1 saturated heterocycles. The Bertz CT molecular complexity index is 685. The predicted molar refractivity (Wildman–Crippen MR) is 96.6 cm³/mol. The van der Waals surface area contributed by atoms with Crippen molar-refractivity contribution in [3.63, 3.8) is 0 Å². The smallest absolute Gasteiger partial charge is 0.323 e. The first-order valence-electron chi connectivity index (χ1n) is 7.92. The van der Waals surface area contributed by atoms with Gasteiger partial charge in [-0.2, -0.15) is 0 Å². The van der Waals surface area contributed by atoms with Gasteiger partial charge in [-0.1, -0.05) is 29.8 Å². The largest absolute Gasteiger partial charge is 0.379 e. The fourth-order valence-electron chi connectivity index (χ4n) is 2.57. The molecule has 2 amide bonds. The van der Waals surface area contributed by atoms with Crippen LogP contribution in [0.2, 0.25) is 5.02 Å². The summed E-state index contributed by atoms with van der Waals surface area (Å²) in [5, 5.41) is 6.15. The van der Waals surface area contributed by atoms with Crippen LogP contribution in [-0.2, 0) is 11.3 Å². The number of amides is 2. The summed E-state index contributed by atoms with van der Waals surface area (Å²) in [7, 11) is 0. The summed E-state index contributed by atoms with van der Waals surface area (Å²) in [6.45, 7) is 4.41. The van der Waals surface area contributed by atoms with Crippen LogP contribution in [0.5, 0.6) is 0 Å². The Hall–Kier alpha value is -2.08. The number of urea groups is 1. The first kappa shape index (κ1) is 16.8. The Morgan fingerprint density at radius 3 is 2.46 bits per heavy atom. The van der Waals surface area contributed by atoms with Crippen LogP contribution in [0.4, 0.5) is 16.2 Å². The first-order chi connectivity index (χ1) is 11.7. The SMILES string of the molecule is O=C(Nc1ccc(CN2CCOCC2)cc1)Nc1cccc(Cl)c1. The molecule has 0 bridgehead atoms. The summed E-state index contributed by atoms with van der Waals surface area (Å²) in [5.74, 6) is 0.